The van der Waals surface area contributed by atoms with Crippen molar-refractivity contribution in [2.45, 2.75) is 53.1 Å². The van der Waals surface area contributed by atoms with Crippen LogP contribution in [0.3, 0.4) is 0 Å². The Hall–Kier alpha value is -3.95. The number of amides is 1. The average molecular weight is 627 g/mol. The molecular formula is C36H51FN2O6. The molecule has 1 aliphatic rings. The molecule has 1 amide bonds. The van der Waals surface area contributed by atoms with Crippen LogP contribution in [0, 0.1) is 5.82 Å². The van der Waals surface area contributed by atoms with Gasteiger partial charge in [-0.2, -0.15) is 0 Å². The van der Waals surface area contributed by atoms with Crippen molar-refractivity contribution < 1.29 is 33.3 Å². The smallest absolute Gasteiger partial charge is 0.410 e. The molecule has 1 heterocycles. The Balaban J connectivity index is 0.00000496. The van der Waals surface area contributed by atoms with E-state index in [9.17, 15) is 19.1 Å². The van der Waals surface area contributed by atoms with E-state index in [1.807, 2.05) is 47.7 Å². The minimum atomic E-state index is -1.03. The second-order valence-corrected chi connectivity index (χ2v) is 10.9. The lowest BCUT2D eigenvalue weighted by molar-refractivity contribution is -0.132. The first-order valence-electron chi connectivity index (χ1n) is 15.2. The van der Waals surface area contributed by atoms with Gasteiger partial charge < -0.3 is 29.1 Å². The number of cyclic esters (lactones) is 1. The summed E-state index contributed by atoms with van der Waals surface area (Å²) in [6, 6.07) is 6.26. The zero-order chi connectivity index (χ0) is 34.0. The van der Waals surface area contributed by atoms with Crippen molar-refractivity contribution >= 4 is 17.6 Å². The number of carboxylic acids is 1. The second kappa shape index (κ2) is 20.2. The summed E-state index contributed by atoms with van der Waals surface area (Å²) < 4.78 is 31.1. The summed E-state index contributed by atoms with van der Waals surface area (Å²) in [5.74, 6) is -0.712. The molecule has 1 unspecified atom stereocenters. The normalized spacial score (nSPS) is 17.6. The zero-order valence-corrected chi connectivity index (χ0v) is 27.9. The predicted molar refractivity (Wildman–Crippen MR) is 179 cm³/mol. The number of carbonyl (C=O) groups is 2. The molecule has 0 saturated carbocycles. The number of benzene rings is 1. The molecule has 1 fully saturated rings. The molecule has 0 radical (unpaired) electrons. The zero-order valence-electron chi connectivity index (χ0n) is 27.9. The van der Waals surface area contributed by atoms with Gasteiger partial charge in [0.15, 0.2) is 0 Å². The summed E-state index contributed by atoms with van der Waals surface area (Å²) in [5, 5.41) is 9.41. The summed E-state index contributed by atoms with van der Waals surface area (Å²) in [7, 11) is 2.00. The Morgan fingerprint density at radius 1 is 1.20 bits per heavy atom. The number of likely N-dealkylation sites (N-methyl/N-ethyl adjacent to an activating group) is 1. The molecule has 2 rings (SSSR count). The minimum absolute atomic E-state index is 0.148. The van der Waals surface area contributed by atoms with Crippen LogP contribution < -0.4 is 0 Å². The highest BCUT2D eigenvalue weighted by atomic mass is 19.1. The largest absolute Gasteiger partial charge is 0.493 e. The third-order valence-electron chi connectivity index (χ3n) is 6.86. The van der Waals surface area contributed by atoms with Crippen LogP contribution in [0.5, 0.6) is 0 Å². The molecule has 1 aromatic rings. The first-order chi connectivity index (χ1) is 21.4. The van der Waals surface area contributed by atoms with Crippen molar-refractivity contribution in [1.29, 1.82) is 0 Å². The number of hydrogen-bond acceptors (Lipinski definition) is 6. The molecule has 1 atom stereocenters. The molecule has 1 saturated heterocycles. The summed E-state index contributed by atoms with van der Waals surface area (Å²) in [5.41, 5.74) is 2.79. The van der Waals surface area contributed by atoms with Gasteiger partial charge in [-0.25, -0.2) is 14.0 Å². The van der Waals surface area contributed by atoms with Crippen molar-refractivity contribution in [3.05, 3.63) is 102 Å². The fourth-order valence-corrected chi connectivity index (χ4v) is 4.70. The number of allylic oxidation sites excluding steroid dienone is 2. The number of nitrogens with zero attached hydrogens (tertiary/aromatic N) is 2. The lowest BCUT2D eigenvalue weighted by Crippen LogP contribution is -2.36. The van der Waals surface area contributed by atoms with Gasteiger partial charge in [-0.3, -0.25) is 0 Å². The summed E-state index contributed by atoms with van der Waals surface area (Å²) in [4.78, 5) is 27.7. The van der Waals surface area contributed by atoms with E-state index in [1.54, 1.807) is 24.3 Å². The Morgan fingerprint density at radius 3 is 2.44 bits per heavy atom. The summed E-state index contributed by atoms with van der Waals surface area (Å²) in [6.07, 6.45) is 7.71. The molecule has 248 valence electrons. The number of hydrogen-bond donors (Lipinski definition) is 1. The molecule has 45 heavy (non-hydrogen) atoms. The van der Waals surface area contributed by atoms with E-state index in [0.29, 0.717) is 51.6 Å². The molecule has 8 nitrogen and oxygen atoms in total. The third-order valence-corrected chi connectivity index (χ3v) is 6.86. The van der Waals surface area contributed by atoms with E-state index < -0.39 is 17.7 Å². The van der Waals surface area contributed by atoms with Crippen molar-refractivity contribution in [1.82, 2.24) is 9.80 Å². The second-order valence-electron chi connectivity index (χ2n) is 10.9. The molecule has 0 aliphatic carbocycles. The van der Waals surface area contributed by atoms with E-state index in [0.717, 1.165) is 28.7 Å². The monoisotopic (exact) mass is 626 g/mol. The van der Waals surface area contributed by atoms with Crippen molar-refractivity contribution in [3.8, 4) is 0 Å². The third kappa shape index (κ3) is 13.3. The number of halogens is 1. The number of rotatable bonds is 18. The van der Waals surface area contributed by atoms with Gasteiger partial charge in [0.1, 0.15) is 17.2 Å². The molecule has 9 heteroatoms. The quantitative estimate of drug-likeness (QED) is 0.0785. The van der Waals surface area contributed by atoms with Crippen molar-refractivity contribution in [3.63, 3.8) is 0 Å². The molecule has 0 bridgehead atoms. The van der Waals surface area contributed by atoms with Crippen molar-refractivity contribution in [2.75, 3.05) is 53.0 Å². The van der Waals surface area contributed by atoms with Gasteiger partial charge in [0.05, 0.1) is 25.3 Å². The predicted octanol–water partition coefficient (Wildman–Crippen LogP) is 7.42. The maximum Gasteiger partial charge on any atom is 0.410 e. The van der Waals surface area contributed by atoms with Gasteiger partial charge in [0, 0.05) is 38.2 Å². The van der Waals surface area contributed by atoms with Crippen LogP contribution in [-0.4, -0.2) is 85.6 Å². The maximum atomic E-state index is 13.7. The molecule has 1 aromatic carbocycles. The SMILES string of the molecule is C=C.C=C(COCC)/C(=C(\C=C(/C)CN(C)CCC1(C)CN(C/C=C(\C=C/CC)C(=O)O)C(=O)O1)OCC)c1ccc(F)cc1. The number of ether oxygens (including phenoxy) is 3. The number of carbonyl (C=O) groups excluding carboxylic acids is 1. The Morgan fingerprint density at radius 2 is 1.87 bits per heavy atom. The van der Waals surface area contributed by atoms with E-state index in [-0.39, 0.29) is 17.9 Å². The standard InChI is InChI=1S/C34H47FN2O6.C2H4/c1-8-11-12-28(32(38)39)17-19-37-24-34(6,43-33(37)40)18-20-36(7)22-25(4)21-30(42-10-3)31(26(5)23-41-9-2)27-13-15-29(35)16-14-27;1-2/h11-17,21H,5,8-10,18-20,22-24H2,1-4,6-7H3,(H,38,39);1-2H2/b12-11-,25-21+,28-17+,31-30-;. The first kappa shape index (κ1) is 39.1. The Labute approximate surface area is 268 Å². The maximum absolute atomic E-state index is 13.7. The average Bonchev–Trinajstić information content (AvgIpc) is 3.30. The fraction of sp³-hybridized carbons (Fsp3) is 0.444. The molecule has 0 aromatic heterocycles. The van der Waals surface area contributed by atoms with Gasteiger partial charge in [-0.1, -0.05) is 49.4 Å². The minimum Gasteiger partial charge on any atom is -0.493 e. The fourth-order valence-electron chi connectivity index (χ4n) is 4.70. The van der Waals surface area contributed by atoms with Gasteiger partial charge in [-0.05, 0) is 70.5 Å². The van der Waals surface area contributed by atoms with Gasteiger partial charge in [-0.15, -0.1) is 13.2 Å². The Bertz CT molecular complexity index is 1250. The van der Waals surface area contributed by atoms with Crippen LogP contribution in [0.2, 0.25) is 0 Å². The van der Waals surface area contributed by atoms with E-state index >= 15 is 0 Å². The van der Waals surface area contributed by atoms with Crippen LogP contribution in [-0.2, 0) is 19.0 Å². The number of carboxylic acid groups (broad SMARTS) is 1. The van der Waals surface area contributed by atoms with Crippen molar-refractivity contribution in [2.24, 2.45) is 0 Å². The summed E-state index contributed by atoms with van der Waals surface area (Å²) in [6.45, 7) is 23.0. The highest BCUT2D eigenvalue weighted by Crippen LogP contribution is 2.29. The molecular weight excluding hydrogens is 575 g/mol. The lowest BCUT2D eigenvalue weighted by Gasteiger charge is -2.25. The van der Waals surface area contributed by atoms with Crippen LogP contribution in [0.4, 0.5) is 9.18 Å². The summed E-state index contributed by atoms with van der Waals surface area (Å²) >= 11 is 0. The lowest BCUT2D eigenvalue weighted by atomic mass is 9.97. The van der Waals surface area contributed by atoms with Crippen LogP contribution >= 0.6 is 0 Å². The van der Waals surface area contributed by atoms with E-state index in [4.69, 9.17) is 14.2 Å². The topological polar surface area (TPSA) is 88.5 Å². The Kier molecular flexibility index (Phi) is 17.5. The molecule has 1 aliphatic heterocycles. The van der Waals surface area contributed by atoms with E-state index in [1.165, 1.54) is 23.1 Å². The van der Waals surface area contributed by atoms with Crippen LogP contribution in [0.1, 0.15) is 53.0 Å². The first-order valence-corrected chi connectivity index (χ1v) is 15.2. The van der Waals surface area contributed by atoms with Gasteiger partial charge in [0.25, 0.3) is 0 Å². The van der Waals surface area contributed by atoms with Crippen LogP contribution in [0.25, 0.3) is 5.57 Å². The molecule has 0 spiro atoms. The number of aliphatic carboxylic acids is 1. The molecule has 1 N–H and O–H groups in total. The van der Waals surface area contributed by atoms with Gasteiger partial charge >= 0.3 is 12.1 Å². The van der Waals surface area contributed by atoms with E-state index in [2.05, 4.69) is 24.6 Å². The van der Waals surface area contributed by atoms with Crippen LogP contribution in [0.15, 0.2) is 90.8 Å². The van der Waals surface area contributed by atoms with Gasteiger partial charge in [0.2, 0.25) is 0 Å². The highest BCUT2D eigenvalue weighted by molar-refractivity contribution is 5.90. The highest BCUT2D eigenvalue weighted by Gasteiger charge is 2.40.